The molecule has 1 saturated heterocycles. The molecule has 0 spiro atoms. The molecule has 2 atom stereocenters. The number of nitrogens with zero attached hydrogens (tertiary/aromatic N) is 1. The fourth-order valence-corrected chi connectivity index (χ4v) is 2.71. The van der Waals surface area contributed by atoms with Crippen LogP contribution in [0.15, 0.2) is 18.2 Å². The lowest BCUT2D eigenvalue weighted by molar-refractivity contribution is 0.0744. The largest absolute Gasteiger partial charge is 0.398 e. The van der Waals surface area contributed by atoms with Gasteiger partial charge >= 0.3 is 0 Å². The predicted molar refractivity (Wildman–Crippen MR) is 69.9 cm³/mol. The van der Waals surface area contributed by atoms with Crippen LogP contribution in [-0.4, -0.2) is 23.4 Å². The van der Waals surface area contributed by atoms with Crippen LogP contribution in [0, 0.1) is 12.8 Å². The molecule has 92 valence electrons. The second-order valence-corrected chi connectivity index (χ2v) is 5.19. The van der Waals surface area contributed by atoms with Crippen molar-refractivity contribution in [3.8, 4) is 0 Å². The van der Waals surface area contributed by atoms with Crippen molar-refractivity contribution in [2.24, 2.45) is 5.92 Å². The summed E-state index contributed by atoms with van der Waals surface area (Å²) in [6, 6.07) is 5.94. The summed E-state index contributed by atoms with van der Waals surface area (Å²) in [7, 11) is 0. The number of hydrogen-bond donors (Lipinski definition) is 1. The van der Waals surface area contributed by atoms with Crippen LogP contribution in [0.1, 0.15) is 36.2 Å². The maximum Gasteiger partial charge on any atom is 0.256 e. The Labute approximate surface area is 103 Å². The molecular weight excluding hydrogens is 212 g/mol. The van der Waals surface area contributed by atoms with Crippen molar-refractivity contribution in [2.45, 2.75) is 33.2 Å². The van der Waals surface area contributed by atoms with Crippen LogP contribution >= 0.6 is 0 Å². The average molecular weight is 232 g/mol. The molecular formula is C14H20N2O. The number of benzene rings is 1. The van der Waals surface area contributed by atoms with Gasteiger partial charge in [-0.25, -0.2) is 0 Å². The molecule has 0 saturated carbocycles. The zero-order chi connectivity index (χ0) is 12.6. The highest BCUT2D eigenvalue weighted by Crippen LogP contribution is 2.27. The van der Waals surface area contributed by atoms with E-state index in [1.54, 1.807) is 6.07 Å². The van der Waals surface area contributed by atoms with Crippen molar-refractivity contribution in [1.29, 1.82) is 0 Å². The van der Waals surface area contributed by atoms with Crippen LogP contribution in [0.4, 0.5) is 5.69 Å². The number of anilines is 1. The molecule has 1 amide bonds. The molecule has 1 aliphatic heterocycles. The van der Waals surface area contributed by atoms with E-state index in [4.69, 9.17) is 5.73 Å². The van der Waals surface area contributed by atoms with Gasteiger partial charge in [-0.3, -0.25) is 4.79 Å². The minimum absolute atomic E-state index is 0.0810. The van der Waals surface area contributed by atoms with E-state index in [9.17, 15) is 4.79 Å². The second kappa shape index (κ2) is 4.40. The van der Waals surface area contributed by atoms with Gasteiger partial charge in [0.25, 0.3) is 5.91 Å². The lowest BCUT2D eigenvalue weighted by Gasteiger charge is -2.23. The molecule has 0 bridgehead atoms. The zero-order valence-corrected chi connectivity index (χ0v) is 10.7. The predicted octanol–water partition coefficient (Wildman–Crippen LogP) is 2.45. The molecule has 17 heavy (non-hydrogen) atoms. The molecule has 2 rings (SSSR count). The molecule has 0 aromatic heterocycles. The zero-order valence-electron chi connectivity index (χ0n) is 10.7. The van der Waals surface area contributed by atoms with Crippen molar-refractivity contribution in [2.75, 3.05) is 12.3 Å². The van der Waals surface area contributed by atoms with Gasteiger partial charge in [0.05, 0.1) is 5.56 Å². The normalized spacial score (nSPS) is 24.1. The van der Waals surface area contributed by atoms with E-state index >= 15 is 0 Å². The standard InChI is InChI=1S/C14H20N2O/c1-9-7-11(3)16(8-9)14(17)13-10(2)5-4-6-12(13)15/h4-6,9,11H,7-8,15H2,1-3H3. The molecule has 3 nitrogen and oxygen atoms in total. The van der Waals surface area contributed by atoms with Gasteiger partial charge in [-0.1, -0.05) is 19.1 Å². The molecule has 2 N–H and O–H groups in total. The second-order valence-electron chi connectivity index (χ2n) is 5.19. The third kappa shape index (κ3) is 2.14. The molecule has 2 unspecified atom stereocenters. The smallest absolute Gasteiger partial charge is 0.256 e. The van der Waals surface area contributed by atoms with Gasteiger partial charge < -0.3 is 10.6 Å². The van der Waals surface area contributed by atoms with E-state index in [1.165, 1.54) is 0 Å². The fourth-order valence-electron chi connectivity index (χ4n) is 2.71. The first-order valence-electron chi connectivity index (χ1n) is 6.16. The molecule has 1 aromatic carbocycles. The monoisotopic (exact) mass is 232 g/mol. The lowest BCUT2D eigenvalue weighted by Crippen LogP contribution is -2.34. The molecule has 1 aliphatic rings. The SMILES string of the molecule is Cc1cccc(N)c1C(=O)N1CC(C)CC1C. The Morgan fingerprint density at radius 3 is 2.65 bits per heavy atom. The summed E-state index contributed by atoms with van der Waals surface area (Å²) in [5, 5.41) is 0. The first-order valence-corrected chi connectivity index (χ1v) is 6.16. The topological polar surface area (TPSA) is 46.3 Å². The van der Waals surface area contributed by atoms with Crippen molar-refractivity contribution in [3.63, 3.8) is 0 Å². The summed E-state index contributed by atoms with van der Waals surface area (Å²) < 4.78 is 0. The van der Waals surface area contributed by atoms with Crippen molar-refractivity contribution >= 4 is 11.6 Å². The van der Waals surface area contributed by atoms with Gasteiger partial charge in [0, 0.05) is 18.3 Å². The van der Waals surface area contributed by atoms with Gasteiger partial charge in [0.15, 0.2) is 0 Å². The van der Waals surface area contributed by atoms with E-state index in [2.05, 4.69) is 13.8 Å². The van der Waals surface area contributed by atoms with Gasteiger partial charge in [-0.05, 0) is 37.8 Å². The number of carbonyl (C=O) groups excluding carboxylic acids is 1. The summed E-state index contributed by atoms with van der Waals surface area (Å²) in [5.41, 5.74) is 8.14. The average Bonchev–Trinajstić information content (AvgIpc) is 2.57. The highest BCUT2D eigenvalue weighted by molar-refractivity contribution is 6.00. The van der Waals surface area contributed by atoms with Gasteiger partial charge in [-0.2, -0.15) is 0 Å². The third-order valence-corrected chi connectivity index (χ3v) is 3.56. The Morgan fingerprint density at radius 1 is 1.41 bits per heavy atom. The van der Waals surface area contributed by atoms with Gasteiger partial charge in [0.2, 0.25) is 0 Å². The van der Waals surface area contributed by atoms with Crippen molar-refractivity contribution in [3.05, 3.63) is 29.3 Å². The number of amides is 1. The Hall–Kier alpha value is -1.51. The summed E-state index contributed by atoms with van der Waals surface area (Å²) in [5.74, 6) is 0.664. The van der Waals surface area contributed by atoms with Crippen LogP contribution < -0.4 is 5.73 Å². The van der Waals surface area contributed by atoms with Crippen LogP contribution in [0.3, 0.4) is 0 Å². The summed E-state index contributed by atoms with van der Waals surface area (Å²) in [6.45, 7) is 7.07. The number of hydrogen-bond acceptors (Lipinski definition) is 2. The summed E-state index contributed by atoms with van der Waals surface area (Å²) in [4.78, 5) is 14.4. The summed E-state index contributed by atoms with van der Waals surface area (Å²) >= 11 is 0. The maximum atomic E-state index is 12.5. The number of nitrogens with two attached hydrogens (primary N) is 1. The van der Waals surface area contributed by atoms with Crippen molar-refractivity contribution in [1.82, 2.24) is 4.90 Å². The first kappa shape index (κ1) is 12.0. The van der Waals surface area contributed by atoms with Gasteiger partial charge in [0.1, 0.15) is 0 Å². The number of nitrogen functional groups attached to an aromatic ring is 1. The van der Waals surface area contributed by atoms with Crippen LogP contribution in [0.25, 0.3) is 0 Å². The van der Waals surface area contributed by atoms with Crippen LogP contribution in [0.5, 0.6) is 0 Å². The van der Waals surface area contributed by atoms with E-state index in [1.807, 2.05) is 24.0 Å². The van der Waals surface area contributed by atoms with Crippen LogP contribution in [-0.2, 0) is 0 Å². The number of carbonyl (C=O) groups is 1. The quantitative estimate of drug-likeness (QED) is 0.756. The van der Waals surface area contributed by atoms with Crippen LogP contribution in [0.2, 0.25) is 0 Å². The molecule has 3 heteroatoms. The molecule has 0 aliphatic carbocycles. The number of likely N-dealkylation sites (tertiary alicyclic amines) is 1. The maximum absolute atomic E-state index is 12.5. The number of aryl methyl sites for hydroxylation is 1. The Kier molecular flexibility index (Phi) is 3.09. The molecule has 1 heterocycles. The minimum Gasteiger partial charge on any atom is -0.398 e. The van der Waals surface area contributed by atoms with E-state index < -0.39 is 0 Å². The first-order chi connectivity index (χ1) is 8.00. The van der Waals surface area contributed by atoms with Crippen molar-refractivity contribution < 1.29 is 4.79 Å². The summed E-state index contributed by atoms with van der Waals surface area (Å²) in [6.07, 6.45) is 1.08. The number of rotatable bonds is 1. The highest BCUT2D eigenvalue weighted by atomic mass is 16.2. The Morgan fingerprint density at radius 2 is 2.12 bits per heavy atom. The Balaban J connectivity index is 2.32. The minimum atomic E-state index is 0.0810. The lowest BCUT2D eigenvalue weighted by atomic mass is 10.1. The highest BCUT2D eigenvalue weighted by Gasteiger charge is 2.31. The van der Waals surface area contributed by atoms with E-state index in [0.29, 0.717) is 23.2 Å². The molecule has 0 radical (unpaired) electrons. The third-order valence-electron chi connectivity index (χ3n) is 3.56. The van der Waals surface area contributed by atoms with E-state index in [-0.39, 0.29) is 5.91 Å². The van der Waals surface area contributed by atoms with Gasteiger partial charge in [-0.15, -0.1) is 0 Å². The molecule has 1 fully saturated rings. The Bertz CT molecular complexity index is 422. The fraction of sp³-hybridized carbons (Fsp3) is 0.500. The molecule has 1 aromatic rings. The van der Waals surface area contributed by atoms with E-state index in [0.717, 1.165) is 18.5 Å².